The number of anilines is 1. The monoisotopic (exact) mass is 330 g/mol. The maximum atomic E-state index is 12.5. The molecular weight excluding hydrogens is 309 g/mol. The molecule has 0 aliphatic carbocycles. The fourth-order valence-corrected chi connectivity index (χ4v) is 2.77. The van der Waals surface area contributed by atoms with Gasteiger partial charge in [0.15, 0.2) is 0 Å². The third kappa shape index (κ3) is 4.60. The van der Waals surface area contributed by atoms with E-state index in [4.69, 9.17) is 0 Å². The van der Waals surface area contributed by atoms with Crippen molar-refractivity contribution in [3.63, 3.8) is 0 Å². The van der Waals surface area contributed by atoms with Crippen LogP contribution in [-0.4, -0.2) is 53.9 Å². The Labute approximate surface area is 133 Å². The molecule has 4 nitrogen and oxygen atoms in total. The van der Waals surface area contributed by atoms with Crippen LogP contribution in [0.3, 0.4) is 0 Å². The molecule has 0 saturated carbocycles. The quantitative estimate of drug-likeness (QED) is 0.871. The van der Waals surface area contributed by atoms with Crippen molar-refractivity contribution in [2.24, 2.45) is 0 Å². The summed E-state index contributed by atoms with van der Waals surface area (Å²) >= 11 is 0. The van der Waals surface area contributed by atoms with E-state index in [2.05, 4.69) is 0 Å². The number of likely N-dealkylation sites (tertiary alicyclic amines) is 1. The maximum absolute atomic E-state index is 12.5. The van der Waals surface area contributed by atoms with Crippen molar-refractivity contribution in [1.29, 1.82) is 0 Å². The maximum Gasteiger partial charge on any atom is 0.406 e. The van der Waals surface area contributed by atoms with E-state index in [0.29, 0.717) is 12.8 Å². The lowest BCUT2D eigenvalue weighted by molar-refractivity contribution is -0.157. The van der Waals surface area contributed by atoms with Crippen LogP contribution >= 0.6 is 0 Å². The Morgan fingerprint density at radius 3 is 2.57 bits per heavy atom. The van der Waals surface area contributed by atoms with Gasteiger partial charge in [-0.05, 0) is 25.0 Å². The normalized spacial score (nSPS) is 20.0. The standard InChI is InChI=1S/C16H21F3N2O2/c1-2-13(22)10-21(12-6-4-3-5-7-12)14-8-9-20(15(14)23)11-16(17,18)19/h3-7,13-14,22H,2,8-11H2,1H3/t13-,14-/m0/s1. The molecule has 1 saturated heterocycles. The highest BCUT2D eigenvalue weighted by molar-refractivity contribution is 5.87. The van der Waals surface area contributed by atoms with Crippen molar-refractivity contribution in [1.82, 2.24) is 4.90 Å². The average molecular weight is 330 g/mol. The van der Waals surface area contributed by atoms with Gasteiger partial charge < -0.3 is 14.9 Å². The number of amides is 1. The molecule has 1 aliphatic heterocycles. The predicted molar refractivity (Wildman–Crippen MR) is 81.1 cm³/mol. The molecule has 1 aliphatic rings. The van der Waals surface area contributed by atoms with Gasteiger partial charge in [0.2, 0.25) is 5.91 Å². The van der Waals surface area contributed by atoms with Gasteiger partial charge in [0, 0.05) is 18.8 Å². The number of rotatable bonds is 6. The van der Waals surface area contributed by atoms with Gasteiger partial charge in [-0.15, -0.1) is 0 Å². The zero-order chi connectivity index (χ0) is 17.0. The second-order valence-electron chi connectivity index (χ2n) is 5.73. The number of carbonyl (C=O) groups excluding carboxylic acids is 1. The van der Waals surface area contributed by atoms with E-state index in [1.807, 2.05) is 13.0 Å². The molecule has 1 aromatic rings. The minimum absolute atomic E-state index is 0.0779. The molecule has 7 heteroatoms. The van der Waals surface area contributed by atoms with Crippen LogP contribution in [0.15, 0.2) is 30.3 Å². The summed E-state index contributed by atoms with van der Waals surface area (Å²) in [6, 6.07) is 8.34. The van der Waals surface area contributed by atoms with Crippen molar-refractivity contribution in [2.75, 3.05) is 24.5 Å². The summed E-state index contributed by atoms with van der Waals surface area (Å²) in [6.45, 7) is 0.896. The second kappa shape index (κ2) is 7.21. The van der Waals surface area contributed by atoms with E-state index in [-0.39, 0.29) is 13.1 Å². The van der Waals surface area contributed by atoms with Crippen LogP contribution in [0.5, 0.6) is 0 Å². The topological polar surface area (TPSA) is 43.8 Å². The molecule has 1 heterocycles. The van der Waals surface area contributed by atoms with E-state index < -0.39 is 30.8 Å². The fourth-order valence-electron chi connectivity index (χ4n) is 2.77. The van der Waals surface area contributed by atoms with Crippen molar-refractivity contribution in [3.05, 3.63) is 30.3 Å². The van der Waals surface area contributed by atoms with Gasteiger partial charge in [0.1, 0.15) is 12.6 Å². The number of para-hydroxylation sites is 1. The average Bonchev–Trinajstić information content (AvgIpc) is 2.84. The molecule has 128 valence electrons. The number of halogens is 3. The number of hydrogen-bond donors (Lipinski definition) is 1. The minimum Gasteiger partial charge on any atom is -0.391 e. The first-order chi connectivity index (χ1) is 10.8. The molecule has 0 bridgehead atoms. The molecule has 23 heavy (non-hydrogen) atoms. The summed E-state index contributed by atoms with van der Waals surface area (Å²) < 4.78 is 37.6. The van der Waals surface area contributed by atoms with Crippen molar-refractivity contribution in [2.45, 2.75) is 38.1 Å². The highest BCUT2D eigenvalue weighted by Crippen LogP contribution is 2.27. The summed E-state index contributed by atoms with van der Waals surface area (Å²) in [5, 5.41) is 9.94. The molecule has 1 fully saturated rings. The lowest BCUT2D eigenvalue weighted by Crippen LogP contribution is -2.46. The van der Waals surface area contributed by atoms with Gasteiger partial charge in [0.25, 0.3) is 0 Å². The number of carbonyl (C=O) groups is 1. The Balaban J connectivity index is 2.18. The van der Waals surface area contributed by atoms with Gasteiger partial charge in [-0.3, -0.25) is 4.79 Å². The third-order valence-corrected chi connectivity index (χ3v) is 3.98. The number of aliphatic hydroxyl groups excluding tert-OH is 1. The summed E-state index contributed by atoms with van der Waals surface area (Å²) in [6.07, 6.45) is -4.21. The summed E-state index contributed by atoms with van der Waals surface area (Å²) in [5.41, 5.74) is 0.729. The molecule has 1 N–H and O–H groups in total. The number of nitrogens with zero attached hydrogens (tertiary/aromatic N) is 2. The van der Waals surface area contributed by atoms with Gasteiger partial charge in [-0.25, -0.2) is 0 Å². The van der Waals surface area contributed by atoms with Gasteiger partial charge >= 0.3 is 6.18 Å². The number of alkyl halides is 3. The summed E-state index contributed by atoms with van der Waals surface area (Å²) in [5.74, 6) is -0.533. The smallest absolute Gasteiger partial charge is 0.391 e. The number of aliphatic hydroxyl groups is 1. The number of hydrogen-bond acceptors (Lipinski definition) is 3. The van der Waals surface area contributed by atoms with Crippen LogP contribution in [-0.2, 0) is 4.79 Å². The van der Waals surface area contributed by atoms with Crippen LogP contribution in [0.2, 0.25) is 0 Å². The predicted octanol–water partition coefficient (Wildman–Crippen LogP) is 2.43. The molecule has 0 aromatic heterocycles. The fraction of sp³-hybridized carbons (Fsp3) is 0.562. The second-order valence-corrected chi connectivity index (χ2v) is 5.73. The Morgan fingerprint density at radius 2 is 2.00 bits per heavy atom. The van der Waals surface area contributed by atoms with E-state index in [0.717, 1.165) is 10.6 Å². The molecule has 1 aromatic carbocycles. The third-order valence-electron chi connectivity index (χ3n) is 3.98. The van der Waals surface area contributed by atoms with E-state index in [1.54, 1.807) is 29.2 Å². The molecule has 2 rings (SSSR count). The zero-order valence-corrected chi connectivity index (χ0v) is 13.0. The van der Waals surface area contributed by atoms with Crippen molar-refractivity contribution in [3.8, 4) is 0 Å². The first kappa shape index (κ1) is 17.6. The first-order valence-electron chi connectivity index (χ1n) is 7.67. The van der Waals surface area contributed by atoms with Crippen molar-refractivity contribution >= 4 is 11.6 Å². The molecule has 0 spiro atoms. The van der Waals surface area contributed by atoms with E-state index in [9.17, 15) is 23.1 Å². The van der Waals surface area contributed by atoms with Gasteiger partial charge in [0.05, 0.1) is 6.10 Å². The number of benzene rings is 1. The lowest BCUT2D eigenvalue weighted by atomic mass is 10.1. The van der Waals surface area contributed by atoms with Crippen LogP contribution in [0.1, 0.15) is 19.8 Å². The largest absolute Gasteiger partial charge is 0.406 e. The van der Waals surface area contributed by atoms with Crippen LogP contribution in [0.4, 0.5) is 18.9 Å². The molecular formula is C16H21F3N2O2. The molecule has 0 unspecified atom stereocenters. The van der Waals surface area contributed by atoms with Gasteiger partial charge in [-0.2, -0.15) is 13.2 Å². The lowest BCUT2D eigenvalue weighted by Gasteiger charge is -2.32. The summed E-state index contributed by atoms with van der Waals surface area (Å²) in [7, 11) is 0. The molecule has 1 amide bonds. The summed E-state index contributed by atoms with van der Waals surface area (Å²) in [4.78, 5) is 14.9. The first-order valence-corrected chi connectivity index (χ1v) is 7.67. The minimum atomic E-state index is -4.40. The van der Waals surface area contributed by atoms with Crippen LogP contribution in [0.25, 0.3) is 0 Å². The Bertz CT molecular complexity index is 522. The highest BCUT2D eigenvalue weighted by atomic mass is 19.4. The zero-order valence-electron chi connectivity index (χ0n) is 13.0. The molecule has 2 atom stereocenters. The van der Waals surface area contributed by atoms with E-state index >= 15 is 0 Å². The van der Waals surface area contributed by atoms with Crippen molar-refractivity contribution < 1.29 is 23.1 Å². The Kier molecular flexibility index (Phi) is 5.51. The van der Waals surface area contributed by atoms with E-state index in [1.165, 1.54) is 0 Å². The van der Waals surface area contributed by atoms with Gasteiger partial charge in [-0.1, -0.05) is 25.1 Å². The molecule has 0 radical (unpaired) electrons. The van der Waals surface area contributed by atoms with Crippen LogP contribution < -0.4 is 4.90 Å². The Hall–Kier alpha value is -1.76. The Morgan fingerprint density at radius 1 is 1.35 bits per heavy atom. The highest BCUT2D eigenvalue weighted by Gasteiger charge is 2.41. The SMILES string of the molecule is CC[C@H](O)CN(c1ccccc1)[C@H]1CCN(CC(F)(F)F)C1=O. The van der Waals surface area contributed by atoms with Crippen LogP contribution in [0, 0.1) is 0 Å².